The molecule has 9 rings (SSSR count). The normalized spacial score (nSPS) is 18.6. The highest BCUT2D eigenvalue weighted by atomic mass is 19.3. The molecule has 13 nitrogen and oxygen atoms in total. The molecular weight excluding hydrogens is 745 g/mol. The molecule has 0 aliphatic carbocycles. The maximum Gasteiger partial charge on any atom is 0.356 e. The van der Waals surface area contributed by atoms with E-state index in [1.54, 1.807) is 25.3 Å². The van der Waals surface area contributed by atoms with Gasteiger partial charge in [-0.1, -0.05) is 18.2 Å². The van der Waals surface area contributed by atoms with Gasteiger partial charge in [0.25, 0.3) is 6.43 Å². The number of piperidine rings is 1. The number of carbonyl (C=O) groups is 2. The van der Waals surface area contributed by atoms with E-state index in [-0.39, 0.29) is 23.2 Å². The van der Waals surface area contributed by atoms with Gasteiger partial charge in [0.2, 0.25) is 5.91 Å². The third kappa shape index (κ3) is 7.37. The number of nitrogens with zero attached hydrogens (tertiary/aromatic N) is 9. The Morgan fingerprint density at radius 2 is 1.59 bits per heavy atom. The molecule has 0 saturated carbocycles. The van der Waals surface area contributed by atoms with Crippen molar-refractivity contribution in [2.75, 3.05) is 68.8 Å². The number of hydrogen-bond acceptors (Lipinski definition) is 10. The molecule has 0 unspecified atom stereocenters. The topological polar surface area (TPSA) is 133 Å². The van der Waals surface area contributed by atoms with E-state index in [0.29, 0.717) is 61.1 Å². The van der Waals surface area contributed by atoms with Crippen molar-refractivity contribution >= 4 is 34.3 Å². The molecule has 0 radical (unpaired) electrons. The first-order valence-electron chi connectivity index (χ1n) is 20.3. The molecule has 4 aliphatic rings. The van der Waals surface area contributed by atoms with E-state index in [1.807, 2.05) is 41.3 Å². The van der Waals surface area contributed by atoms with Crippen molar-refractivity contribution in [1.29, 1.82) is 0 Å². The van der Waals surface area contributed by atoms with Gasteiger partial charge in [-0.25, -0.2) is 18.6 Å². The number of fused-ring (bicyclic) bond motifs is 2. The molecule has 1 N–H and O–H groups in total. The molecule has 302 valence electrons. The average Bonchev–Trinajstić information content (AvgIpc) is 3.65. The predicted molar refractivity (Wildman–Crippen MR) is 215 cm³/mol. The molecule has 5 aromatic rings. The molecular formula is C43H47F2N9O4. The minimum absolute atomic E-state index is 0.00842. The maximum absolute atomic E-state index is 15.0. The van der Waals surface area contributed by atoms with Gasteiger partial charge in [0.15, 0.2) is 11.5 Å². The summed E-state index contributed by atoms with van der Waals surface area (Å²) in [5.41, 5.74) is 4.64. The molecule has 1 amide bonds. The summed E-state index contributed by atoms with van der Waals surface area (Å²) >= 11 is 0. The summed E-state index contributed by atoms with van der Waals surface area (Å²) in [7, 11) is 0. The Bertz CT molecular complexity index is 2300. The quantitative estimate of drug-likeness (QED) is 0.192. The second kappa shape index (κ2) is 16.0. The fourth-order valence-electron chi connectivity index (χ4n) is 9.26. The van der Waals surface area contributed by atoms with Crippen molar-refractivity contribution in [1.82, 2.24) is 34.8 Å². The molecule has 0 bridgehead atoms. The standard InChI is InChI=1S/C43H47F2N9O4/c1-27(55)53-16-11-38-36(26-53)41(49-54(38)31-12-21-58-22-13-31)32-4-2-3-28-23-33(35(42(44)45)24-34(28)32)29-5-7-39(46-25-29)51-14-9-30(10-15-51)50-17-19-52(20-18-50)40-8-6-37(43(56)57)47-48-40/h2-8,23-25,30-31,42H,9-22,26H2,1H3,(H,56,57). The van der Waals surface area contributed by atoms with Crippen molar-refractivity contribution in [3.05, 3.63) is 83.3 Å². The summed E-state index contributed by atoms with van der Waals surface area (Å²) in [6.45, 7) is 9.05. The molecule has 0 spiro atoms. The Kier molecular flexibility index (Phi) is 10.5. The van der Waals surface area contributed by atoms with Gasteiger partial charge in [-0.05, 0) is 78.4 Å². The van der Waals surface area contributed by atoms with E-state index in [4.69, 9.17) is 19.9 Å². The predicted octanol–water partition coefficient (Wildman–Crippen LogP) is 6.24. The molecule has 15 heteroatoms. The van der Waals surface area contributed by atoms with Crippen LogP contribution in [-0.4, -0.2) is 117 Å². The summed E-state index contributed by atoms with van der Waals surface area (Å²) < 4.78 is 37.8. The number of halogens is 2. The summed E-state index contributed by atoms with van der Waals surface area (Å²) in [5.74, 6) is 0.450. The van der Waals surface area contributed by atoms with Gasteiger partial charge in [-0.15, -0.1) is 10.2 Å². The second-order valence-corrected chi connectivity index (χ2v) is 15.7. The van der Waals surface area contributed by atoms with Crippen LogP contribution in [0.3, 0.4) is 0 Å². The molecule has 3 fully saturated rings. The lowest BCUT2D eigenvalue weighted by Crippen LogP contribution is -2.53. The Balaban J connectivity index is 0.915. The minimum atomic E-state index is -2.71. The number of aromatic carboxylic acids is 1. The Labute approximate surface area is 335 Å². The van der Waals surface area contributed by atoms with Gasteiger partial charge in [0.1, 0.15) is 5.82 Å². The number of carboxylic acids is 1. The van der Waals surface area contributed by atoms with Crippen LogP contribution < -0.4 is 9.80 Å². The monoisotopic (exact) mass is 791 g/mol. The van der Waals surface area contributed by atoms with E-state index >= 15 is 8.78 Å². The maximum atomic E-state index is 15.0. The van der Waals surface area contributed by atoms with Gasteiger partial charge in [0, 0.05) is 119 Å². The van der Waals surface area contributed by atoms with Gasteiger partial charge in [0.05, 0.1) is 11.7 Å². The SMILES string of the molecule is CC(=O)N1CCc2c(c(-c3cccc4cc(-c5ccc(N6CCC(N7CCN(c8ccc(C(=O)O)nn8)CC7)CC6)nc5)c(C(F)F)cc34)nn2C2CCOCC2)C1. The number of carbonyl (C=O) groups excluding carboxylic acids is 1. The van der Waals surface area contributed by atoms with Crippen LogP contribution in [0.2, 0.25) is 0 Å². The summed E-state index contributed by atoms with van der Waals surface area (Å²) in [6.07, 6.45) is 3.39. The van der Waals surface area contributed by atoms with Crippen molar-refractivity contribution in [2.45, 2.75) is 64.1 Å². The van der Waals surface area contributed by atoms with Crippen molar-refractivity contribution in [3.8, 4) is 22.4 Å². The number of aromatic nitrogens is 5. The van der Waals surface area contributed by atoms with Crippen LogP contribution in [0, 0.1) is 0 Å². The number of benzene rings is 2. The number of anilines is 2. The fourth-order valence-corrected chi connectivity index (χ4v) is 9.26. The van der Waals surface area contributed by atoms with E-state index < -0.39 is 12.4 Å². The highest BCUT2D eigenvalue weighted by molar-refractivity contribution is 5.99. The van der Waals surface area contributed by atoms with E-state index in [1.165, 1.54) is 6.07 Å². The lowest BCUT2D eigenvalue weighted by Gasteiger charge is -2.43. The number of hydrogen-bond donors (Lipinski definition) is 1. The van der Waals surface area contributed by atoms with Crippen LogP contribution in [0.15, 0.2) is 60.8 Å². The summed E-state index contributed by atoms with van der Waals surface area (Å²) in [4.78, 5) is 37.2. The lowest BCUT2D eigenvalue weighted by molar-refractivity contribution is -0.129. The van der Waals surface area contributed by atoms with Gasteiger partial charge >= 0.3 is 5.97 Å². The number of carboxylic acid groups (broad SMARTS) is 1. The molecule has 2 aromatic carbocycles. The van der Waals surface area contributed by atoms with Crippen LogP contribution in [0.4, 0.5) is 20.4 Å². The van der Waals surface area contributed by atoms with Crippen molar-refractivity contribution in [2.24, 2.45) is 0 Å². The van der Waals surface area contributed by atoms with Gasteiger partial charge in [-0.3, -0.25) is 14.4 Å². The largest absolute Gasteiger partial charge is 0.476 e. The Morgan fingerprint density at radius 3 is 2.26 bits per heavy atom. The number of ether oxygens (including phenoxy) is 1. The zero-order valence-electron chi connectivity index (χ0n) is 32.6. The van der Waals surface area contributed by atoms with Crippen molar-refractivity contribution < 1.29 is 28.2 Å². The highest BCUT2D eigenvalue weighted by Crippen LogP contribution is 2.41. The van der Waals surface area contributed by atoms with Crippen LogP contribution in [-0.2, 0) is 22.5 Å². The molecule has 3 aromatic heterocycles. The molecule has 3 saturated heterocycles. The Hall–Kier alpha value is -5.54. The van der Waals surface area contributed by atoms with Crippen molar-refractivity contribution in [3.63, 3.8) is 0 Å². The van der Waals surface area contributed by atoms with Crippen LogP contribution >= 0.6 is 0 Å². The van der Waals surface area contributed by atoms with E-state index in [9.17, 15) is 9.59 Å². The third-order valence-corrected chi connectivity index (χ3v) is 12.5. The van der Waals surface area contributed by atoms with Gasteiger partial charge in [-0.2, -0.15) is 5.10 Å². The van der Waals surface area contributed by atoms with Crippen LogP contribution in [0.1, 0.15) is 72.4 Å². The molecule has 7 heterocycles. The number of piperazine rings is 1. The first-order valence-corrected chi connectivity index (χ1v) is 20.3. The van der Waals surface area contributed by atoms with Crippen LogP contribution in [0.5, 0.6) is 0 Å². The van der Waals surface area contributed by atoms with Gasteiger partial charge < -0.3 is 24.5 Å². The number of pyridine rings is 1. The number of rotatable bonds is 8. The summed E-state index contributed by atoms with van der Waals surface area (Å²) in [6, 6.07) is 17.0. The first-order chi connectivity index (χ1) is 28.2. The zero-order valence-corrected chi connectivity index (χ0v) is 32.6. The zero-order chi connectivity index (χ0) is 39.9. The third-order valence-electron chi connectivity index (χ3n) is 12.5. The highest BCUT2D eigenvalue weighted by Gasteiger charge is 2.32. The van der Waals surface area contributed by atoms with E-state index in [2.05, 4.69) is 29.6 Å². The second-order valence-electron chi connectivity index (χ2n) is 15.7. The smallest absolute Gasteiger partial charge is 0.356 e. The Morgan fingerprint density at radius 1 is 0.828 bits per heavy atom. The average molecular weight is 792 g/mol. The minimum Gasteiger partial charge on any atom is -0.476 e. The molecule has 4 aliphatic heterocycles. The molecule has 0 atom stereocenters. The lowest BCUT2D eigenvalue weighted by atomic mass is 9.92. The van der Waals surface area contributed by atoms with Crippen LogP contribution in [0.25, 0.3) is 33.2 Å². The number of alkyl halides is 2. The van der Waals surface area contributed by atoms with E-state index in [0.717, 1.165) is 98.7 Å². The fraction of sp³-hybridized carbons (Fsp3) is 0.442. The summed E-state index contributed by atoms with van der Waals surface area (Å²) in [5, 5.41) is 23.8. The number of amides is 1. The molecule has 58 heavy (non-hydrogen) atoms. The first kappa shape index (κ1) is 38.0.